The summed E-state index contributed by atoms with van der Waals surface area (Å²) in [7, 11) is 0. The van der Waals surface area contributed by atoms with Crippen molar-refractivity contribution in [1.82, 2.24) is 15.0 Å². The highest BCUT2D eigenvalue weighted by atomic mass is 16.5. The zero-order chi connectivity index (χ0) is 24.4. The quantitative estimate of drug-likeness (QED) is 0.267. The molecular formula is C27H27N7O2. The molecule has 0 spiro atoms. The number of benzene rings is 3. The minimum Gasteiger partial charge on any atom is -0.488 e. The molecule has 0 aliphatic carbocycles. The van der Waals surface area contributed by atoms with Gasteiger partial charge in [0.05, 0.1) is 19.4 Å². The summed E-state index contributed by atoms with van der Waals surface area (Å²) in [6, 6.07) is 27.6. The summed E-state index contributed by atoms with van der Waals surface area (Å²) < 4.78 is 11.5. The third-order valence-electron chi connectivity index (χ3n) is 5.47. The van der Waals surface area contributed by atoms with Crippen LogP contribution >= 0.6 is 0 Å². The highest BCUT2D eigenvalue weighted by molar-refractivity contribution is 5.83. The van der Waals surface area contributed by atoms with Crippen LogP contribution in [0.25, 0.3) is 0 Å². The maximum atomic E-state index is 6.02. The second kappa shape index (κ2) is 11.8. The van der Waals surface area contributed by atoms with E-state index in [-0.39, 0.29) is 0 Å². The average Bonchev–Trinajstić information content (AvgIpc) is 2.94. The van der Waals surface area contributed by atoms with E-state index in [1.165, 1.54) is 0 Å². The van der Waals surface area contributed by atoms with Crippen LogP contribution in [0.4, 0.5) is 23.5 Å². The van der Waals surface area contributed by atoms with E-state index in [9.17, 15) is 0 Å². The Morgan fingerprint density at radius 2 is 1.53 bits per heavy atom. The first-order valence-electron chi connectivity index (χ1n) is 11.8. The minimum absolute atomic E-state index is 0.337. The molecule has 0 atom stereocenters. The van der Waals surface area contributed by atoms with Crippen LogP contribution in [0.1, 0.15) is 11.1 Å². The molecule has 3 aromatic carbocycles. The molecule has 0 radical (unpaired) electrons. The minimum atomic E-state index is 0.337. The molecular weight excluding hydrogens is 454 g/mol. The van der Waals surface area contributed by atoms with Gasteiger partial charge in [-0.15, -0.1) is 0 Å². The second-order valence-electron chi connectivity index (χ2n) is 8.06. The number of anilines is 4. The molecule has 5 rings (SSSR count). The third-order valence-corrected chi connectivity index (χ3v) is 5.47. The zero-order valence-electron chi connectivity index (χ0n) is 19.7. The molecule has 0 unspecified atom stereocenters. The molecule has 2 heterocycles. The van der Waals surface area contributed by atoms with Gasteiger partial charge in [-0.05, 0) is 29.8 Å². The van der Waals surface area contributed by atoms with Crippen LogP contribution in [-0.2, 0) is 11.3 Å². The molecule has 4 aromatic rings. The van der Waals surface area contributed by atoms with Crippen molar-refractivity contribution in [3.05, 3.63) is 96.1 Å². The molecule has 1 aliphatic heterocycles. The van der Waals surface area contributed by atoms with Gasteiger partial charge in [0.15, 0.2) is 0 Å². The predicted molar refractivity (Wildman–Crippen MR) is 141 cm³/mol. The fourth-order valence-electron chi connectivity index (χ4n) is 3.64. The molecule has 1 aliphatic rings. The normalized spacial score (nSPS) is 13.5. The van der Waals surface area contributed by atoms with Gasteiger partial charge >= 0.3 is 0 Å². The van der Waals surface area contributed by atoms with E-state index in [1.807, 2.05) is 84.9 Å². The van der Waals surface area contributed by atoms with Crippen molar-refractivity contribution in [3.8, 4) is 5.75 Å². The number of aromatic nitrogens is 3. The van der Waals surface area contributed by atoms with Crippen LogP contribution in [0.2, 0.25) is 0 Å². The summed E-state index contributed by atoms with van der Waals surface area (Å²) in [4.78, 5) is 15.8. The largest absolute Gasteiger partial charge is 0.488 e. The summed E-state index contributed by atoms with van der Waals surface area (Å²) in [6.45, 7) is 3.17. The maximum Gasteiger partial charge on any atom is 0.250 e. The molecule has 0 bridgehead atoms. The summed E-state index contributed by atoms with van der Waals surface area (Å²) in [5, 5.41) is 7.62. The number of hydrogen-bond acceptors (Lipinski definition) is 9. The van der Waals surface area contributed by atoms with Gasteiger partial charge < -0.3 is 19.7 Å². The monoisotopic (exact) mass is 481 g/mol. The van der Waals surface area contributed by atoms with Crippen molar-refractivity contribution in [1.29, 1.82) is 0 Å². The fraction of sp³-hybridized carbons (Fsp3) is 0.185. The average molecular weight is 482 g/mol. The lowest BCUT2D eigenvalue weighted by Crippen LogP contribution is -2.37. The smallest absolute Gasteiger partial charge is 0.250 e. The molecule has 1 aromatic heterocycles. The second-order valence-corrected chi connectivity index (χ2v) is 8.06. The molecule has 1 saturated heterocycles. The summed E-state index contributed by atoms with van der Waals surface area (Å²) in [5.74, 6) is 2.07. The van der Waals surface area contributed by atoms with Crippen LogP contribution in [0.15, 0.2) is 90.0 Å². The summed E-state index contributed by atoms with van der Waals surface area (Å²) in [6.07, 6.45) is 1.70. The topological polar surface area (TPSA) is 96.8 Å². The van der Waals surface area contributed by atoms with Crippen molar-refractivity contribution in [3.63, 3.8) is 0 Å². The van der Waals surface area contributed by atoms with Gasteiger partial charge in [0.25, 0.3) is 0 Å². The molecule has 36 heavy (non-hydrogen) atoms. The van der Waals surface area contributed by atoms with Gasteiger partial charge in [-0.25, -0.2) is 5.43 Å². The molecule has 0 saturated carbocycles. The Labute approximate surface area is 209 Å². The lowest BCUT2D eigenvalue weighted by Gasteiger charge is -2.27. The number of nitrogens with one attached hydrogen (secondary N) is 2. The zero-order valence-corrected chi connectivity index (χ0v) is 19.7. The summed E-state index contributed by atoms with van der Waals surface area (Å²) >= 11 is 0. The number of para-hydroxylation sites is 2. The molecule has 2 N–H and O–H groups in total. The van der Waals surface area contributed by atoms with E-state index in [0.29, 0.717) is 50.8 Å². The van der Waals surface area contributed by atoms with Crippen molar-refractivity contribution in [2.75, 3.05) is 41.9 Å². The van der Waals surface area contributed by atoms with E-state index in [1.54, 1.807) is 6.21 Å². The first-order chi connectivity index (χ1) is 17.8. The van der Waals surface area contributed by atoms with Gasteiger partial charge in [0, 0.05) is 24.3 Å². The van der Waals surface area contributed by atoms with Crippen LogP contribution in [0, 0.1) is 0 Å². The number of nitrogens with zero attached hydrogens (tertiary/aromatic N) is 5. The molecule has 0 amide bonds. The summed E-state index contributed by atoms with van der Waals surface area (Å²) in [5.41, 5.74) is 5.78. The highest BCUT2D eigenvalue weighted by Gasteiger charge is 2.16. The van der Waals surface area contributed by atoms with Gasteiger partial charge in [0.1, 0.15) is 12.4 Å². The standard InChI is InChI=1S/C27H27N7O2/c1-3-9-21(10-4-1)20-36-24-14-8-7-11-22(24)19-28-33-26-30-25(29-23-12-5-2-6-13-23)31-27(32-26)34-15-17-35-18-16-34/h1-14,19H,15-18,20H2,(H2,29,30,31,32,33)/b28-19-. The van der Waals surface area contributed by atoms with Crippen molar-refractivity contribution in [2.24, 2.45) is 5.10 Å². The van der Waals surface area contributed by atoms with Crippen LogP contribution in [0.3, 0.4) is 0 Å². The van der Waals surface area contributed by atoms with Crippen molar-refractivity contribution < 1.29 is 9.47 Å². The highest BCUT2D eigenvalue weighted by Crippen LogP contribution is 2.20. The van der Waals surface area contributed by atoms with E-state index in [0.717, 1.165) is 22.6 Å². The van der Waals surface area contributed by atoms with E-state index in [2.05, 4.69) is 35.7 Å². The SMILES string of the molecule is C(=N/Nc1nc(Nc2ccccc2)nc(N2CCOCC2)n1)/c1ccccc1OCc1ccccc1. The Kier molecular flexibility index (Phi) is 7.60. The number of morpholine rings is 1. The Bertz CT molecular complexity index is 1280. The molecule has 182 valence electrons. The van der Waals surface area contributed by atoms with Crippen LogP contribution in [0.5, 0.6) is 5.75 Å². The van der Waals surface area contributed by atoms with Crippen molar-refractivity contribution in [2.45, 2.75) is 6.61 Å². The van der Waals surface area contributed by atoms with Crippen LogP contribution < -0.4 is 20.4 Å². The lowest BCUT2D eigenvalue weighted by molar-refractivity contribution is 0.122. The van der Waals surface area contributed by atoms with E-state index < -0.39 is 0 Å². The fourth-order valence-corrected chi connectivity index (χ4v) is 3.64. The van der Waals surface area contributed by atoms with Gasteiger partial charge in [-0.3, -0.25) is 0 Å². The van der Waals surface area contributed by atoms with Crippen molar-refractivity contribution >= 4 is 29.7 Å². The predicted octanol–water partition coefficient (Wildman–Crippen LogP) is 4.48. The number of ether oxygens (including phenoxy) is 2. The Balaban J connectivity index is 1.32. The Hall–Kier alpha value is -4.50. The lowest BCUT2D eigenvalue weighted by atomic mass is 10.2. The first kappa shape index (κ1) is 23.3. The van der Waals surface area contributed by atoms with Crippen LogP contribution in [-0.4, -0.2) is 47.5 Å². The Morgan fingerprint density at radius 1 is 0.833 bits per heavy atom. The molecule has 9 heteroatoms. The third kappa shape index (κ3) is 6.34. The van der Waals surface area contributed by atoms with Gasteiger partial charge in [-0.1, -0.05) is 60.7 Å². The van der Waals surface area contributed by atoms with E-state index in [4.69, 9.17) is 9.47 Å². The Morgan fingerprint density at radius 3 is 2.33 bits per heavy atom. The number of hydrogen-bond donors (Lipinski definition) is 2. The van der Waals surface area contributed by atoms with Gasteiger partial charge in [-0.2, -0.15) is 20.1 Å². The maximum absolute atomic E-state index is 6.02. The number of hydrazone groups is 1. The first-order valence-corrected chi connectivity index (χ1v) is 11.8. The molecule has 9 nitrogen and oxygen atoms in total. The number of rotatable bonds is 9. The van der Waals surface area contributed by atoms with E-state index >= 15 is 0 Å². The molecule has 1 fully saturated rings. The van der Waals surface area contributed by atoms with Gasteiger partial charge in [0.2, 0.25) is 17.8 Å².